The standard InChI is InChI=1S/C26H37N3O4S/c1-6-17-27-26(31)23(8-3)28(18-22-15-10-9-13-20(22)4)25(30)19-29(34(5,32)33)24-16-12-11-14-21(24)7-2/h9-16,23H,6-8,17-19H2,1-5H3,(H,27,31)/t23-/m1/s1. The van der Waals surface area contributed by atoms with E-state index in [0.29, 0.717) is 25.1 Å². The Morgan fingerprint density at radius 3 is 2.15 bits per heavy atom. The summed E-state index contributed by atoms with van der Waals surface area (Å²) in [6.45, 7) is 8.08. The summed E-state index contributed by atoms with van der Waals surface area (Å²) in [6.07, 6.45) is 2.92. The van der Waals surface area contributed by atoms with Crippen molar-refractivity contribution >= 4 is 27.5 Å². The monoisotopic (exact) mass is 487 g/mol. The normalized spacial score (nSPS) is 12.1. The Labute approximate surface area is 204 Å². The molecule has 1 N–H and O–H groups in total. The van der Waals surface area contributed by atoms with Gasteiger partial charge in [-0.05, 0) is 48.9 Å². The molecule has 0 heterocycles. The molecule has 8 heteroatoms. The fraction of sp³-hybridized carbons (Fsp3) is 0.462. The smallest absolute Gasteiger partial charge is 0.244 e. The van der Waals surface area contributed by atoms with Crippen molar-refractivity contribution in [1.29, 1.82) is 0 Å². The van der Waals surface area contributed by atoms with Gasteiger partial charge in [0, 0.05) is 13.1 Å². The number of hydrogen-bond donors (Lipinski definition) is 1. The fourth-order valence-electron chi connectivity index (χ4n) is 3.90. The molecule has 0 aliphatic carbocycles. The number of benzene rings is 2. The molecule has 0 saturated heterocycles. The molecule has 2 amide bonds. The van der Waals surface area contributed by atoms with E-state index in [1.54, 1.807) is 12.1 Å². The quantitative estimate of drug-likeness (QED) is 0.495. The number of sulfonamides is 1. The van der Waals surface area contributed by atoms with Crippen LogP contribution in [0.2, 0.25) is 0 Å². The van der Waals surface area contributed by atoms with Gasteiger partial charge in [-0.25, -0.2) is 8.42 Å². The zero-order chi connectivity index (χ0) is 25.3. The molecule has 0 aliphatic rings. The van der Waals surface area contributed by atoms with Crippen LogP contribution in [0.15, 0.2) is 48.5 Å². The first-order valence-corrected chi connectivity index (χ1v) is 13.7. The van der Waals surface area contributed by atoms with Crippen LogP contribution in [-0.4, -0.2) is 50.5 Å². The van der Waals surface area contributed by atoms with Crippen LogP contribution in [-0.2, 0) is 32.6 Å². The van der Waals surface area contributed by atoms with E-state index in [2.05, 4.69) is 5.32 Å². The second-order valence-corrected chi connectivity index (χ2v) is 10.3. The van der Waals surface area contributed by atoms with Crippen molar-refractivity contribution in [1.82, 2.24) is 10.2 Å². The molecule has 0 radical (unpaired) electrons. The minimum atomic E-state index is -3.74. The maximum Gasteiger partial charge on any atom is 0.244 e. The van der Waals surface area contributed by atoms with Crippen LogP contribution in [0.1, 0.15) is 50.3 Å². The van der Waals surface area contributed by atoms with E-state index in [1.165, 1.54) is 4.90 Å². The summed E-state index contributed by atoms with van der Waals surface area (Å²) >= 11 is 0. The Balaban J connectivity index is 2.47. The molecule has 1 atom stereocenters. The predicted molar refractivity (Wildman–Crippen MR) is 137 cm³/mol. The Kier molecular flexibility index (Phi) is 10.1. The van der Waals surface area contributed by atoms with Gasteiger partial charge in [-0.15, -0.1) is 0 Å². The molecular weight excluding hydrogens is 450 g/mol. The van der Waals surface area contributed by atoms with E-state index in [4.69, 9.17) is 0 Å². The van der Waals surface area contributed by atoms with Gasteiger partial charge >= 0.3 is 0 Å². The highest BCUT2D eigenvalue weighted by molar-refractivity contribution is 7.92. The minimum absolute atomic E-state index is 0.219. The van der Waals surface area contributed by atoms with Crippen LogP contribution in [0, 0.1) is 6.92 Å². The van der Waals surface area contributed by atoms with Crippen LogP contribution in [0.5, 0.6) is 0 Å². The SMILES string of the molecule is CCCNC(=O)[C@@H](CC)N(Cc1ccccc1C)C(=O)CN(c1ccccc1CC)S(C)(=O)=O. The molecule has 0 saturated carbocycles. The van der Waals surface area contributed by atoms with Crippen LogP contribution >= 0.6 is 0 Å². The molecule has 34 heavy (non-hydrogen) atoms. The summed E-state index contributed by atoms with van der Waals surface area (Å²) in [5, 5.41) is 2.89. The van der Waals surface area contributed by atoms with E-state index >= 15 is 0 Å². The molecule has 0 bridgehead atoms. The van der Waals surface area contributed by atoms with E-state index in [-0.39, 0.29) is 19.0 Å². The molecule has 0 spiro atoms. The summed E-state index contributed by atoms with van der Waals surface area (Å²) < 4.78 is 26.7. The summed E-state index contributed by atoms with van der Waals surface area (Å²) in [7, 11) is -3.74. The number of nitrogens with zero attached hydrogens (tertiary/aromatic N) is 2. The maximum absolute atomic E-state index is 13.7. The Morgan fingerprint density at radius 1 is 0.971 bits per heavy atom. The van der Waals surface area contributed by atoms with E-state index in [1.807, 2.05) is 64.1 Å². The predicted octanol–water partition coefficient (Wildman–Crippen LogP) is 3.66. The van der Waals surface area contributed by atoms with Gasteiger partial charge in [0.1, 0.15) is 12.6 Å². The lowest BCUT2D eigenvalue weighted by Crippen LogP contribution is -2.52. The maximum atomic E-state index is 13.7. The molecule has 0 fully saturated rings. The first kappa shape index (κ1) is 27.4. The molecule has 186 valence electrons. The Bertz CT molecular complexity index is 1080. The number of carbonyl (C=O) groups excluding carboxylic acids is 2. The van der Waals surface area contributed by atoms with Gasteiger partial charge in [0.2, 0.25) is 21.8 Å². The van der Waals surface area contributed by atoms with Crippen LogP contribution in [0.3, 0.4) is 0 Å². The van der Waals surface area contributed by atoms with Crippen molar-refractivity contribution in [2.75, 3.05) is 23.7 Å². The third-order valence-corrected chi connectivity index (χ3v) is 6.98. The summed E-state index contributed by atoms with van der Waals surface area (Å²) in [5.74, 6) is -0.649. The summed E-state index contributed by atoms with van der Waals surface area (Å²) in [4.78, 5) is 28.2. The molecule has 2 aromatic rings. The number of aryl methyl sites for hydroxylation is 2. The van der Waals surface area contributed by atoms with Crippen LogP contribution < -0.4 is 9.62 Å². The number of hydrogen-bond acceptors (Lipinski definition) is 4. The number of nitrogens with one attached hydrogen (secondary N) is 1. The lowest BCUT2D eigenvalue weighted by atomic mass is 10.1. The zero-order valence-electron chi connectivity index (χ0n) is 20.9. The van der Waals surface area contributed by atoms with Crippen LogP contribution in [0.25, 0.3) is 0 Å². The van der Waals surface area contributed by atoms with E-state index < -0.39 is 22.0 Å². The fourth-order valence-corrected chi connectivity index (χ4v) is 4.78. The minimum Gasteiger partial charge on any atom is -0.354 e. The topological polar surface area (TPSA) is 86.8 Å². The third kappa shape index (κ3) is 7.06. The zero-order valence-corrected chi connectivity index (χ0v) is 21.7. The summed E-state index contributed by atoms with van der Waals surface area (Å²) in [6, 6.07) is 14.2. The van der Waals surface area contributed by atoms with Gasteiger partial charge in [-0.1, -0.05) is 63.2 Å². The van der Waals surface area contributed by atoms with Crippen LogP contribution in [0.4, 0.5) is 5.69 Å². The highest BCUT2D eigenvalue weighted by Crippen LogP contribution is 2.24. The first-order valence-electron chi connectivity index (χ1n) is 11.8. The van der Waals surface area contributed by atoms with Gasteiger partial charge in [-0.2, -0.15) is 0 Å². The van der Waals surface area contributed by atoms with Gasteiger partial charge in [0.25, 0.3) is 0 Å². The lowest BCUT2D eigenvalue weighted by molar-refractivity contribution is -0.140. The molecule has 0 aromatic heterocycles. The number of carbonyl (C=O) groups is 2. The van der Waals surface area contributed by atoms with Gasteiger partial charge < -0.3 is 10.2 Å². The van der Waals surface area contributed by atoms with Crippen molar-refractivity contribution in [2.24, 2.45) is 0 Å². The molecule has 0 aliphatic heterocycles. The molecule has 2 rings (SSSR count). The second-order valence-electron chi connectivity index (χ2n) is 8.42. The molecule has 2 aromatic carbocycles. The second kappa shape index (κ2) is 12.6. The first-order chi connectivity index (χ1) is 16.1. The average molecular weight is 488 g/mol. The van der Waals surface area contributed by atoms with Gasteiger partial charge in [0.15, 0.2) is 0 Å². The van der Waals surface area contributed by atoms with E-state index in [9.17, 15) is 18.0 Å². The lowest BCUT2D eigenvalue weighted by Gasteiger charge is -2.33. The van der Waals surface area contributed by atoms with E-state index in [0.717, 1.165) is 33.7 Å². The average Bonchev–Trinajstić information content (AvgIpc) is 2.81. The largest absolute Gasteiger partial charge is 0.354 e. The van der Waals surface area contributed by atoms with Crippen molar-refractivity contribution < 1.29 is 18.0 Å². The van der Waals surface area contributed by atoms with Crippen molar-refractivity contribution in [3.05, 3.63) is 65.2 Å². The third-order valence-electron chi connectivity index (χ3n) is 5.86. The number of para-hydroxylation sites is 1. The number of anilines is 1. The molecule has 0 unspecified atom stereocenters. The van der Waals surface area contributed by atoms with Crippen molar-refractivity contribution in [2.45, 2.75) is 59.5 Å². The highest BCUT2D eigenvalue weighted by atomic mass is 32.2. The Hall–Kier alpha value is -2.87. The van der Waals surface area contributed by atoms with Crippen molar-refractivity contribution in [3.8, 4) is 0 Å². The molecule has 7 nitrogen and oxygen atoms in total. The molecular formula is C26H37N3O4S. The van der Waals surface area contributed by atoms with Gasteiger partial charge in [0.05, 0.1) is 11.9 Å². The Morgan fingerprint density at radius 2 is 1.59 bits per heavy atom. The van der Waals surface area contributed by atoms with Crippen molar-refractivity contribution in [3.63, 3.8) is 0 Å². The highest BCUT2D eigenvalue weighted by Gasteiger charge is 2.32. The summed E-state index contributed by atoms with van der Waals surface area (Å²) in [5.41, 5.74) is 3.23. The number of amides is 2. The van der Waals surface area contributed by atoms with Gasteiger partial charge in [-0.3, -0.25) is 13.9 Å². The number of rotatable bonds is 12.